The topological polar surface area (TPSA) is 72.9 Å². The Morgan fingerprint density at radius 1 is 1.38 bits per heavy atom. The van der Waals surface area contributed by atoms with E-state index in [9.17, 15) is 13.2 Å². The van der Waals surface area contributed by atoms with Gasteiger partial charge in [-0.1, -0.05) is 6.08 Å². The smallest absolute Gasteiger partial charge is 0.410 e. The number of ether oxygens (including phenoxy) is 1. The number of amides is 1. The van der Waals surface area contributed by atoms with Crippen LogP contribution in [-0.2, 0) is 19.0 Å². The summed E-state index contributed by atoms with van der Waals surface area (Å²) >= 11 is 0. The Kier molecular flexibility index (Phi) is 4.35. The van der Waals surface area contributed by atoms with E-state index in [0.717, 1.165) is 18.2 Å². The summed E-state index contributed by atoms with van der Waals surface area (Å²) in [6, 6.07) is 0. The molecule has 0 bridgehead atoms. The maximum Gasteiger partial charge on any atom is 0.410 e. The van der Waals surface area contributed by atoms with Gasteiger partial charge >= 0.3 is 6.09 Å². The highest BCUT2D eigenvalue weighted by molar-refractivity contribution is 7.85. The van der Waals surface area contributed by atoms with E-state index >= 15 is 0 Å². The van der Waals surface area contributed by atoms with Crippen molar-refractivity contribution in [3.05, 3.63) is 11.6 Å². The van der Waals surface area contributed by atoms with E-state index in [1.165, 1.54) is 0 Å². The fraction of sp³-hybridized carbons (Fsp3) is 0.786. The molecule has 21 heavy (non-hydrogen) atoms. The molecular formula is C14H23NO5S. The van der Waals surface area contributed by atoms with Crippen LogP contribution in [0.5, 0.6) is 0 Å². The van der Waals surface area contributed by atoms with E-state index < -0.39 is 15.7 Å². The average molecular weight is 317 g/mol. The minimum Gasteiger partial charge on any atom is -0.444 e. The van der Waals surface area contributed by atoms with Crippen LogP contribution in [0.4, 0.5) is 4.79 Å². The zero-order chi connectivity index (χ0) is 15.8. The van der Waals surface area contributed by atoms with E-state index in [1.54, 1.807) is 4.90 Å². The molecule has 6 nitrogen and oxygen atoms in total. The number of hydrogen-bond acceptors (Lipinski definition) is 5. The van der Waals surface area contributed by atoms with Gasteiger partial charge < -0.3 is 9.64 Å². The summed E-state index contributed by atoms with van der Waals surface area (Å²) < 4.78 is 32.2. The van der Waals surface area contributed by atoms with E-state index in [-0.39, 0.29) is 18.6 Å². The van der Waals surface area contributed by atoms with Crippen LogP contribution in [0.3, 0.4) is 0 Å². The Morgan fingerprint density at radius 2 is 2.05 bits per heavy atom. The maximum absolute atomic E-state index is 12.0. The van der Waals surface area contributed by atoms with Gasteiger partial charge in [0.05, 0.1) is 12.9 Å². The third kappa shape index (κ3) is 4.71. The minimum absolute atomic E-state index is 0.123. The average Bonchev–Trinajstić information content (AvgIpc) is 2.79. The molecule has 0 aromatic heterocycles. The van der Waals surface area contributed by atoms with Crippen molar-refractivity contribution in [1.82, 2.24) is 4.90 Å². The van der Waals surface area contributed by atoms with Crippen molar-refractivity contribution in [3.8, 4) is 0 Å². The SMILES string of the molecule is CC(C)(C)OC(=O)N1C[C@@H]2CC(COS(C)(=O)=O)=C[C@@H]2C1. The fourth-order valence-corrected chi connectivity index (χ4v) is 3.14. The first kappa shape index (κ1) is 16.3. The highest BCUT2D eigenvalue weighted by Gasteiger charge is 2.39. The summed E-state index contributed by atoms with van der Waals surface area (Å²) in [7, 11) is -3.41. The second-order valence-corrected chi connectivity index (χ2v) is 8.45. The standard InChI is InChI=1S/C14H23NO5S/c1-14(2,3)20-13(16)15-7-11-5-10(6-12(11)8-15)9-19-21(4,17)18/h5,11-12H,6-9H2,1-4H3/t11-,12+/m1/s1. The zero-order valence-electron chi connectivity index (χ0n) is 13.0. The molecule has 0 aromatic rings. The maximum atomic E-state index is 12.0. The Morgan fingerprint density at radius 3 is 2.57 bits per heavy atom. The van der Waals surface area contributed by atoms with Crippen molar-refractivity contribution in [2.45, 2.75) is 32.8 Å². The normalized spacial score (nSPS) is 25.7. The van der Waals surface area contributed by atoms with Crippen molar-refractivity contribution in [2.75, 3.05) is 26.0 Å². The molecule has 0 N–H and O–H groups in total. The van der Waals surface area contributed by atoms with Gasteiger partial charge in [0.25, 0.3) is 10.1 Å². The van der Waals surface area contributed by atoms with Gasteiger partial charge in [-0.15, -0.1) is 0 Å². The third-order valence-corrected chi connectivity index (χ3v) is 4.12. The highest BCUT2D eigenvalue weighted by atomic mass is 32.2. The number of nitrogens with zero attached hydrogens (tertiary/aromatic N) is 1. The summed E-state index contributed by atoms with van der Waals surface area (Å²) in [5, 5.41) is 0. The van der Waals surface area contributed by atoms with E-state index in [0.29, 0.717) is 19.0 Å². The van der Waals surface area contributed by atoms with Gasteiger partial charge in [0.1, 0.15) is 5.60 Å². The van der Waals surface area contributed by atoms with Gasteiger partial charge in [-0.25, -0.2) is 4.79 Å². The fourth-order valence-electron chi connectivity index (χ4n) is 2.77. The first-order valence-corrected chi connectivity index (χ1v) is 8.87. The van der Waals surface area contributed by atoms with E-state index in [4.69, 9.17) is 8.92 Å². The van der Waals surface area contributed by atoms with Crippen LogP contribution in [0.2, 0.25) is 0 Å². The third-order valence-electron chi connectivity index (χ3n) is 3.58. The van der Waals surface area contributed by atoms with Gasteiger partial charge in [-0.2, -0.15) is 8.42 Å². The number of hydrogen-bond donors (Lipinski definition) is 0. The molecule has 1 aliphatic heterocycles. The highest BCUT2D eigenvalue weighted by Crippen LogP contribution is 2.37. The molecule has 0 radical (unpaired) electrons. The van der Waals surface area contributed by atoms with Gasteiger partial charge in [-0.3, -0.25) is 4.18 Å². The molecule has 2 aliphatic rings. The van der Waals surface area contributed by atoms with Crippen LogP contribution in [0, 0.1) is 11.8 Å². The summed E-state index contributed by atoms with van der Waals surface area (Å²) in [6.45, 7) is 6.95. The quantitative estimate of drug-likeness (QED) is 0.586. The van der Waals surface area contributed by atoms with Crippen molar-refractivity contribution in [2.24, 2.45) is 11.8 Å². The molecular weight excluding hydrogens is 294 g/mol. The molecule has 2 rings (SSSR count). The largest absolute Gasteiger partial charge is 0.444 e. The summed E-state index contributed by atoms with van der Waals surface area (Å²) in [5.74, 6) is 0.617. The molecule has 120 valence electrons. The summed E-state index contributed by atoms with van der Waals surface area (Å²) in [6.07, 6.45) is 3.59. The second kappa shape index (κ2) is 5.61. The van der Waals surface area contributed by atoms with Crippen LogP contribution >= 0.6 is 0 Å². The van der Waals surface area contributed by atoms with Crippen LogP contribution in [-0.4, -0.2) is 51.0 Å². The minimum atomic E-state index is -3.41. The van der Waals surface area contributed by atoms with Gasteiger partial charge in [-0.05, 0) is 44.6 Å². The monoisotopic (exact) mass is 317 g/mol. The number of likely N-dealkylation sites (tertiary alicyclic amines) is 1. The lowest BCUT2D eigenvalue weighted by Gasteiger charge is -2.24. The molecule has 1 amide bonds. The van der Waals surface area contributed by atoms with Crippen LogP contribution in [0.1, 0.15) is 27.2 Å². The van der Waals surface area contributed by atoms with Gasteiger partial charge in [0.2, 0.25) is 0 Å². The summed E-state index contributed by atoms with van der Waals surface area (Å²) in [5.41, 5.74) is 0.512. The Hall–Kier alpha value is -1.08. The van der Waals surface area contributed by atoms with E-state index in [1.807, 2.05) is 26.8 Å². The lowest BCUT2D eigenvalue weighted by molar-refractivity contribution is 0.0285. The van der Waals surface area contributed by atoms with Gasteiger partial charge in [0.15, 0.2) is 0 Å². The van der Waals surface area contributed by atoms with Crippen LogP contribution in [0.15, 0.2) is 11.6 Å². The van der Waals surface area contributed by atoms with Crippen molar-refractivity contribution >= 4 is 16.2 Å². The lowest BCUT2D eigenvalue weighted by Crippen LogP contribution is -2.35. The van der Waals surface area contributed by atoms with E-state index in [2.05, 4.69) is 0 Å². The predicted molar refractivity (Wildman–Crippen MR) is 78.3 cm³/mol. The molecule has 0 saturated carbocycles. The number of carbonyl (C=O) groups is 1. The zero-order valence-corrected chi connectivity index (χ0v) is 13.8. The molecule has 2 atom stereocenters. The van der Waals surface area contributed by atoms with Crippen molar-refractivity contribution in [3.63, 3.8) is 0 Å². The van der Waals surface area contributed by atoms with Crippen molar-refractivity contribution < 1.29 is 22.1 Å². The molecule has 0 aromatic carbocycles. The first-order chi connectivity index (χ1) is 9.53. The summed E-state index contributed by atoms with van der Waals surface area (Å²) in [4.78, 5) is 13.7. The Labute approximate surface area is 126 Å². The van der Waals surface area contributed by atoms with Crippen LogP contribution in [0.25, 0.3) is 0 Å². The lowest BCUT2D eigenvalue weighted by atomic mass is 10.00. The van der Waals surface area contributed by atoms with Gasteiger partial charge in [0, 0.05) is 13.1 Å². The second-order valence-electron chi connectivity index (χ2n) is 6.80. The molecule has 0 spiro atoms. The van der Waals surface area contributed by atoms with Crippen molar-refractivity contribution in [1.29, 1.82) is 0 Å². The first-order valence-electron chi connectivity index (χ1n) is 7.05. The number of carbonyl (C=O) groups excluding carboxylic acids is 1. The molecule has 1 heterocycles. The molecule has 1 aliphatic carbocycles. The number of rotatable bonds is 3. The van der Waals surface area contributed by atoms with Crippen LogP contribution < -0.4 is 0 Å². The predicted octanol–water partition coefficient (Wildman–Crippen LogP) is 1.78. The number of fused-ring (bicyclic) bond motifs is 1. The molecule has 1 saturated heterocycles. The molecule has 0 unspecified atom stereocenters. The Bertz CT molecular complexity index is 546. The molecule has 1 fully saturated rings. The molecule has 7 heteroatoms. The Balaban J connectivity index is 1.88.